The summed E-state index contributed by atoms with van der Waals surface area (Å²) >= 11 is 0. The van der Waals surface area contributed by atoms with Gasteiger partial charge in [0.25, 0.3) is 5.91 Å². The number of anilines is 1. The second kappa shape index (κ2) is 10.4. The molecule has 0 atom stereocenters. The minimum absolute atomic E-state index is 0.0118. The predicted molar refractivity (Wildman–Crippen MR) is 125 cm³/mol. The molecular weight excluding hydrogens is 424 g/mol. The largest absolute Gasteiger partial charge is 0.357 e. The van der Waals surface area contributed by atoms with Crippen molar-refractivity contribution in [1.82, 2.24) is 15.0 Å². The van der Waals surface area contributed by atoms with E-state index in [1.807, 2.05) is 12.1 Å². The average molecular weight is 457 g/mol. The SMILES string of the molecule is O=C(NCc1ccc(N2CCCCCC2)nc1)c1cccc(S(=O)(=O)NC2CCCC2)c1. The van der Waals surface area contributed by atoms with E-state index in [0.717, 1.165) is 50.2 Å². The van der Waals surface area contributed by atoms with Crippen molar-refractivity contribution in [3.05, 3.63) is 53.7 Å². The molecule has 7 nitrogen and oxygen atoms in total. The molecule has 2 aliphatic rings. The number of sulfonamides is 1. The van der Waals surface area contributed by atoms with Crippen molar-refractivity contribution in [3.8, 4) is 0 Å². The summed E-state index contributed by atoms with van der Waals surface area (Å²) < 4.78 is 28.1. The summed E-state index contributed by atoms with van der Waals surface area (Å²) in [6.45, 7) is 2.42. The topological polar surface area (TPSA) is 91.4 Å². The minimum Gasteiger partial charge on any atom is -0.357 e. The van der Waals surface area contributed by atoms with Crippen LogP contribution in [0, 0.1) is 0 Å². The van der Waals surface area contributed by atoms with Crippen molar-refractivity contribution in [2.24, 2.45) is 0 Å². The summed E-state index contributed by atoms with van der Waals surface area (Å²) in [6.07, 6.45) is 10.6. The van der Waals surface area contributed by atoms with Crippen LogP contribution in [0.1, 0.15) is 67.3 Å². The highest BCUT2D eigenvalue weighted by Gasteiger charge is 2.23. The van der Waals surface area contributed by atoms with Crippen LogP contribution < -0.4 is 14.9 Å². The number of pyridine rings is 1. The first kappa shape index (κ1) is 22.7. The van der Waals surface area contributed by atoms with E-state index in [0.29, 0.717) is 12.1 Å². The van der Waals surface area contributed by atoms with Gasteiger partial charge in [0, 0.05) is 37.4 Å². The molecule has 0 bridgehead atoms. The quantitative estimate of drug-likeness (QED) is 0.664. The van der Waals surface area contributed by atoms with Crippen molar-refractivity contribution < 1.29 is 13.2 Å². The van der Waals surface area contributed by atoms with Gasteiger partial charge in [-0.1, -0.05) is 37.8 Å². The molecule has 1 aromatic carbocycles. The van der Waals surface area contributed by atoms with Gasteiger partial charge >= 0.3 is 0 Å². The summed E-state index contributed by atoms with van der Waals surface area (Å²) in [5, 5.41) is 2.87. The van der Waals surface area contributed by atoms with Crippen LogP contribution >= 0.6 is 0 Å². The van der Waals surface area contributed by atoms with Gasteiger partial charge in [-0.15, -0.1) is 0 Å². The maximum Gasteiger partial charge on any atom is 0.251 e. The maximum absolute atomic E-state index is 12.7. The van der Waals surface area contributed by atoms with Crippen LogP contribution in [0.5, 0.6) is 0 Å². The fourth-order valence-electron chi connectivity index (χ4n) is 4.43. The van der Waals surface area contributed by atoms with E-state index in [2.05, 4.69) is 19.9 Å². The molecule has 0 radical (unpaired) electrons. The summed E-state index contributed by atoms with van der Waals surface area (Å²) in [7, 11) is -3.63. The van der Waals surface area contributed by atoms with Gasteiger partial charge in [0.05, 0.1) is 4.90 Å². The molecule has 1 aliphatic carbocycles. The molecule has 1 saturated carbocycles. The number of nitrogens with one attached hydrogen (secondary N) is 2. The molecule has 2 heterocycles. The zero-order valence-corrected chi connectivity index (χ0v) is 19.2. The molecule has 2 aromatic rings. The van der Waals surface area contributed by atoms with Crippen molar-refractivity contribution in [3.63, 3.8) is 0 Å². The Bertz CT molecular complexity index is 1010. The number of aromatic nitrogens is 1. The molecule has 1 aromatic heterocycles. The van der Waals surface area contributed by atoms with Crippen molar-refractivity contribution in [2.75, 3.05) is 18.0 Å². The molecule has 8 heteroatoms. The van der Waals surface area contributed by atoms with Crippen LogP contribution in [0.25, 0.3) is 0 Å². The van der Waals surface area contributed by atoms with Crippen LogP contribution in [0.3, 0.4) is 0 Å². The number of nitrogens with zero attached hydrogens (tertiary/aromatic N) is 2. The number of hydrogen-bond donors (Lipinski definition) is 2. The number of carbonyl (C=O) groups is 1. The van der Waals surface area contributed by atoms with Gasteiger partial charge in [0.15, 0.2) is 0 Å². The number of hydrogen-bond acceptors (Lipinski definition) is 5. The third-order valence-corrected chi connectivity index (χ3v) is 7.79. The molecule has 4 rings (SSSR count). The Balaban J connectivity index is 1.35. The van der Waals surface area contributed by atoms with E-state index in [1.54, 1.807) is 18.3 Å². The lowest BCUT2D eigenvalue weighted by molar-refractivity contribution is 0.0950. The number of benzene rings is 1. The third kappa shape index (κ3) is 5.86. The highest BCUT2D eigenvalue weighted by Crippen LogP contribution is 2.21. The van der Waals surface area contributed by atoms with Gasteiger partial charge in [-0.2, -0.15) is 0 Å². The van der Waals surface area contributed by atoms with E-state index in [-0.39, 0.29) is 16.8 Å². The molecule has 1 saturated heterocycles. The van der Waals surface area contributed by atoms with Crippen LogP contribution in [0.4, 0.5) is 5.82 Å². The van der Waals surface area contributed by atoms with Crippen molar-refractivity contribution in [1.29, 1.82) is 0 Å². The summed E-state index contributed by atoms with van der Waals surface area (Å²) in [4.78, 5) is 19.7. The van der Waals surface area contributed by atoms with E-state index in [1.165, 1.54) is 37.8 Å². The van der Waals surface area contributed by atoms with E-state index in [9.17, 15) is 13.2 Å². The van der Waals surface area contributed by atoms with Crippen molar-refractivity contribution >= 4 is 21.7 Å². The van der Waals surface area contributed by atoms with Crippen LogP contribution in [-0.4, -0.2) is 38.4 Å². The normalized spacial score (nSPS) is 17.8. The standard InChI is InChI=1S/C24H32N4O3S/c29-24(20-8-7-11-22(16-20)32(30,31)27-21-9-3-4-10-21)26-18-19-12-13-23(25-17-19)28-14-5-1-2-6-15-28/h7-8,11-13,16-17,21,27H,1-6,9-10,14-15,18H2,(H,26,29). The second-order valence-electron chi connectivity index (χ2n) is 8.74. The molecule has 32 heavy (non-hydrogen) atoms. The second-order valence-corrected chi connectivity index (χ2v) is 10.5. The Morgan fingerprint density at radius 2 is 1.75 bits per heavy atom. The summed E-state index contributed by atoms with van der Waals surface area (Å²) in [5.74, 6) is 0.675. The summed E-state index contributed by atoms with van der Waals surface area (Å²) in [5.41, 5.74) is 1.23. The van der Waals surface area contributed by atoms with E-state index in [4.69, 9.17) is 0 Å². The first-order chi connectivity index (χ1) is 15.5. The molecule has 1 aliphatic heterocycles. The highest BCUT2D eigenvalue weighted by molar-refractivity contribution is 7.89. The first-order valence-electron chi connectivity index (χ1n) is 11.6. The fourth-order valence-corrected chi connectivity index (χ4v) is 5.78. The molecule has 0 spiro atoms. The lowest BCUT2D eigenvalue weighted by Gasteiger charge is -2.21. The highest BCUT2D eigenvalue weighted by atomic mass is 32.2. The Morgan fingerprint density at radius 3 is 2.44 bits per heavy atom. The Hall–Kier alpha value is -2.45. The van der Waals surface area contributed by atoms with Gasteiger partial charge in [0.1, 0.15) is 5.82 Å². The average Bonchev–Trinajstić information content (AvgIpc) is 3.16. The van der Waals surface area contributed by atoms with Crippen LogP contribution in [-0.2, 0) is 16.6 Å². The monoisotopic (exact) mass is 456 g/mol. The Labute approximate surface area is 190 Å². The van der Waals surface area contributed by atoms with E-state index < -0.39 is 10.0 Å². The lowest BCUT2D eigenvalue weighted by Crippen LogP contribution is -2.32. The molecule has 172 valence electrons. The lowest BCUT2D eigenvalue weighted by atomic mass is 10.2. The predicted octanol–water partition coefficient (Wildman–Crippen LogP) is 3.61. The third-order valence-electron chi connectivity index (χ3n) is 6.28. The molecular formula is C24H32N4O3S. The fraction of sp³-hybridized carbons (Fsp3) is 0.500. The molecule has 2 N–H and O–H groups in total. The van der Waals surface area contributed by atoms with Crippen molar-refractivity contribution in [2.45, 2.75) is 68.8 Å². The minimum atomic E-state index is -3.63. The van der Waals surface area contributed by atoms with Gasteiger partial charge < -0.3 is 10.2 Å². The summed E-state index contributed by atoms with van der Waals surface area (Å²) in [6, 6.07) is 10.2. The van der Waals surface area contributed by atoms with Gasteiger partial charge in [0.2, 0.25) is 10.0 Å². The Morgan fingerprint density at radius 1 is 1.00 bits per heavy atom. The van der Waals surface area contributed by atoms with Crippen LogP contribution in [0.15, 0.2) is 47.5 Å². The number of rotatable bonds is 7. The van der Waals surface area contributed by atoms with E-state index >= 15 is 0 Å². The molecule has 0 unspecified atom stereocenters. The first-order valence-corrected chi connectivity index (χ1v) is 13.1. The van der Waals surface area contributed by atoms with Gasteiger partial charge in [-0.3, -0.25) is 4.79 Å². The zero-order chi connectivity index (χ0) is 22.4. The Kier molecular flexibility index (Phi) is 7.42. The molecule has 2 fully saturated rings. The van der Waals surface area contributed by atoms with Crippen LogP contribution in [0.2, 0.25) is 0 Å². The smallest absolute Gasteiger partial charge is 0.251 e. The van der Waals surface area contributed by atoms with Gasteiger partial charge in [-0.05, 0) is 55.5 Å². The maximum atomic E-state index is 12.7. The zero-order valence-electron chi connectivity index (χ0n) is 18.4. The number of carbonyl (C=O) groups excluding carboxylic acids is 1. The van der Waals surface area contributed by atoms with Gasteiger partial charge in [-0.25, -0.2) is 18.1 Å². The molecule has 1 amide bonds. The number of amides is 1.